The Labute approximate surface area is 137 Å². The van der Waals surface area contributed by atoms with Gasteiger partial charge in [0.05, 0.1) is 24.8 Å². The van der Waals surface area contributed by atoms with E-state index in [1.54, 1.807) is 12.1 Å². The number of rotatable bonds is 6. The molecule has 0 aliphatic heterocycles. The van der Waals surface area contributed by atoms with E-state index in [0.717, 1.165) is 5.56 Å². The lowest BCUT2D eigenvalue weighted by atomic mass is 10.1. The molecule has 1 heterocycles. The Hall–Kier alpha value is -3.42. The van der Waals surface area contributed by atoms with Gasteiger partial charge in [0.2, 0.25) is 11.8 Å². The van der Waals surface area contributed by atoms with Crippen LogP contribution in [0.25, 0.3) is 0 Å². The maximum absolute atomic E-state index is 11.8. The lowest BCUT2D eigenvalue weighted by Gasteiger charge is -2.07. The predicted molar refractivity (Wildman–Crippen MR) is 86.2 cm³/mol. The van der Waals surface area contributed by atoms with Gasteiger partial charge in [0.15, 0.2) is 0 Å². The van der Waals surface area contributed by atoms with Crippen LogP contribution in [-0.2, 0) is 16.0 Å². The number of anilines is 1. The van der Waals surface area contributed by atoms with Gasteiger partial charge in [-0.15, -0.1) is 0 Å². The Morgan fingerprint density at radius 1 is 1.04 bits per heavy atom. The first-order valence-electron chi connectivity index (χ1n) is 7.04. The smallest absolute Gasteiger partial charge is 0.267 e. The third-order valence-corrected chi connectivity index (χ3v) is 3.05. The van der Waals surface area contributed by atoms with E-state index < -0.39 is 11.8 Å². The fraction of sp³-hybridized carbons (Fsp3) is 0.125. The number of phenols is 1. The molecule has 0 saturated heterocycles. The number of nitrogens with two attached hydrogens (primary N) is 1. The monoisotopic (exact) mass is 328 g/mol. The van der Waals surface area contributed by atoms with Crippen LogP contribution in [0.5, 0.6) is 5.75 Å². The molecule has 0 radical (unpaired) electrons. The molecule has 0 aliphatic rings. The van der Waals surface area contributed by atoms with Crippen molar-refractivity contribution in [2.75, 3.05) is 11.9 Å². The molecule has 2 aromatic rings. The number of aromatic nitrogens is 1. The topological polar surface area (TPSA) is 134 Å². The molecule has 0 saturated carbocycles. The SMILES string of the molecule is NC(=O)c1ccc(NC(=O)CNC(=O)Cc2ccc(O)cc2)cn1. The van der Waals surface area contributed by atoms with Crippen molar-refractivity contribution >= 4 is 23.4 Å². The number of phenolic OH excluding ortho intramolecular Hbond substituents is 1. The molecule has 5 N–H and O–H groups in total. The van der Waals surface area contributed by atoms with Crippen LogP contribution in [0.1, 0.15) is 16.1 Å². The van der Waals surface area contributed by atoms with Gasteiger partial charge in [0.1, 0.15) is 11.4 Å². The molecule has 1 aromatic carbocycles. The summed E-state index contributed by atoms with van der Waals surface area (Å²) in [5.74, 6) is -1.29. The molecular formula is C16H16N4O4. The lowest BCUT2D eigenvalue weighted by molar-refractivity contribution is -0.123. The Bertz CT molecular complexity index is 742. The summed E-state index contributed by atoms with van der Waals surface area (Å²) in [5, 5.41) is 14.2. The summed E-state index contributed by atoms with van der Waals surface area (Å²) < 4.78 is 0. The lowest BCUT2D eigenvalue weighted by Crippen LogP contribution is -2.33. The second-order valence-corrected chi connectivity index (χ2v) is 4.96. The first-order chi connectivity index (χ1) is 11.4. The molecule has 24 heavy (non-hydrogen) atoms. The molecule has 0 aliphatic carbocycles. The zero-order valence-electron chi connectivity index (χ0n) is 12.7. The van der Waals surface area contributed by atoms with E-state index in [0.29, 0.717) is 5.69 Å². The van der Waals surface area contributed by atoms with Crippen LogP contribution in [-0.4, -0.2) is 34.4 Å². The largest absolute Gasteiger partial charge is 0.508 e. The summed E-state index contributed by atoms with van der Waals surface area (Å²) in [7, 11) is 0. The van der Waals surface area contributed by atoms with Gasteiger partial charge in [0, 0.05) is 0 Å². The summed E-state index contributed by atoms with van der Waals surface area (Å²) >= 11 is 0. The van der Waals surface area contributed by atoms with Crippen LogP contribution < -0.4 is 16.4 Å². The summed E-state index contributed by atoms with van der Waals surface area (Å²) in [6.07, 6.45) is 1.40. The van der Waals surface area contributed by atoms with Gasteiger partial charge < -0.3 is 21.5 Å². The second-order valence-electron chi connectivity index (χ2n) is 4.96. The van der Waals surface area contributed by atoms with Crippen LogP contribution in [0, 0.1) is 0 Å². The van der Waals surface area contributed by atoms with Crippen LogP contribution in [0.15, 0.2) is 42.6 Å². The van der Waals surface area contributed by atoms with Crippen molar-refractivity contribution in [2.24, 2.45) is 5.73 Å². The van der Waals surface area contributed by atoms with Crippen LogP contribution in [0.4, 0.5) is 5.69 Å². The molecule has 0 bridgehead atoms. The van der Waals surface area contributed by atoms with Crippen LogP contribution in [0.2, 0.25) is 0 Å². The Balaban J connectivity index is 1.78. The van der Waals surface area contributed by atoms with Crippen LogP contribution in [0.3, 0.4) is 0 Å². The second kappa shape index (κ2) is 7.73. The van der Waals surface area contributed by atoms with Gasteiger partial charge in [-0.05, 0) is 29.8 Å². The van der Waals surface area contributed by atoms with E-state index in [4.69, 9.17) is 5.73 Å². The number of benzene rings is 1. The maximum atomic E-state index is 11.8. The minimum Gasteiger partial charge on any atom is -0.508 e. The fourth-order valence-electron chi connectivity index (χ4n) is 1.86. The minimum atomic E-state index is -0.658. The average Bonchev–Trinajstić information content (AvgIpc) is 2.55. The molecule has 2 rings (SSSR count). The Kier molecular flexibility index (Phi) is 5.45. The maximum Gasteiger partial charge on any atom is 0.267 e. The van der Waals surface area contributed by atoms with Crippen molar-refractivity contribution in [1.29, 1.82) is 0 Å². The first kappa shape index (κ1) is 16.9. The number of aromatic hydroxyl groups is 1. The van der Waals surface area contributed by atoms with E-state index in [1.807, 2.05) is 0 Å². The highest BCUT2D eigenvalue weighted by Crippen LogP contribution is 2.10. The number of hydrogen-bond acceptors (Lipinski definition) is 5. The van der Waals surface area contributed by atoms with E-state index in [-0.39, 0.29) is 30.3 Å². The number of nitrogens with one attached hydrogen (secondary N) is 2. The number of amides is 3. The van der Waals surface area contributed by atoms with Gasteiger partial charge in [-0.3, -0.25) is 14.4 Å². The summed E-state index contributed by atoms with van der Waals surface area (Å²) in [6, 6.07) is 9.10. The van der Waals surface area contributed by atoms with Crippen molar-refractivity contribution in [1.82, 2.24) is 10.3 Å². The third-order valence-electron chi connectivity index (χ3n) is 3.05. The Morgan fingerprint density at radius 2 is 1.75 bits per heavy atom. The van der Waals surface area contributed by atoms with Crippen molar-refractivity contribution in [3.63, 3.8) is 0 Å². The molecule has 0 unspecified atom stereocenters. The molecule has 8 nitrogen and oxygen atoms in total. The van der Waals surface area contributed by atoms with Gasteiger partial charge >= 0.3 is 0 Å². The zero-order valence-corrected chi connectivity index (χ0v) is 12.7. The normalized spacial score (nSPS) is 10.0. The number of pyridine rings is 1. The predicted octanol–water partition coefficient (Wildman–Crippen LogP) is 0.183. The van der Waals surface area contributed by atoms with Crippen molar-refractivity contribution in [3.8, 4) is 5.75 Å². The molecule has 0 spiro atoms. The van der Waals surface area contributed by atoms with Crippen molar-refractivity contribution < 1.29 is 19.5 Å². The highest BCUT2D eigenvalue weighted by molar-refractivity contribution is 5.95. The molecule has 0 atom stereocenters. The van der Waals surface area contributed by atoms with Gasteiger partial charge in [-0.1, -0.05) is 12.1 Å². The number of nitrogens with zero attached hydrogens (tertiary/aromatic N) is 1. The minimum absolute atomic E-state index is 0.0928. The first-order valence-corrected chi connectivity index (χ1v) is 7.04. The van der Waals surface area contributed by atoms with Gasteiger partial charge in [-0.25, -0.2) is 4.98 Å². The number of carbonyl (C=O) groups is 3. The van der Waals surface area contributed by atoms with Crippen molar-refractivity contribution in [2.45, 2.75) is 6.42 Å². The van der Waals surface area contributed by atoms with E-state index in [9.17, 15) is 19.5 Å². The van der Waals surface area contributed by atoms with Gasteiger partial charge in [0.25, 0.3) is 5.91 Å². The molecule has 124 valence electrons. The highest BCUT2D eigenvalue weighted by Gasteiger charge is 2.08. The van der Waals surface area contributed by atoms with Crippen LogP contribution >= 0.6 is 0 Å². The third kappa shape index (κ3) is 5.09. The highest BCUT2D eigenvalue weighted by atomic mass is 16.3. The standard InChI is InChI=1S/C16H16N4O4/c17-16(24)13-6-3-11(8-18-13)20-15(23)9-19-14(22)7-10-1-4-12(21)5-2-10/h1-6,8,21H,7,9H2,(H2,17,24)(H,19,22)(H,20,23). The van der Waals surface area contributed by atoms with E-state index >= 15 is 0 Å². The number of carbonyl (C=O) groups excluding carboxylic acids is 3. The van der Waals surface area contributed by atoms with Gasteiger partial charge in [-0.2, -0.15) is 0 Å². The number of hydrogen-bond donors (Lipinski definition) is 4. The zero-order chi connectivity index (χ0) is 17.5. The van der Waals surface area contributed by atoms with Crippen molar-refractivity contribution in [3.05, 3.63) is 53.9 Å². The van der Waals surface area contributed by atoms with E-state index in [2.05, 4.69) is 15.6 Å². The summed E-state index contributed by atoms with van der Waals surface area (Å²) in [6.45, 7) is -0.200. The summed E-state index contributed by atoms with van der Waals surface area (Å²) in [5.41, 5.74) is 6.27. The quantitative estimate of drug-likeness (QED) is 0.600. The average molecular weight is 328 g/mol. The molecule has 8 heteroatoms. The van der Waals surface area contributed by atoms with E-state index in [1.165, 1.54) is 30.5 Å². The molecule has 1 aromatic heterocycles. The Morgan fingerprint density at radius 3 is 2.33 bits per heavy atom. The summed E-state index contributed by atoms with van der Waals surface area (Å²) in [4.78, 5) is 38.2. The molecular weight excluding hydrogens is 312 g/mol. The number of primary amides is 1. The molecule has 3 amide bonds. The molecule has 0 fully saturated rings. The fourth-order valence-corrected chi connectivity index (χ4v) is 1.86.